The summed E-state index contributed by atoms with van der Waals surface area (Å²) in [5, 5.41) is 0. The first-order valence-corrected chi connectivity index (χ1v) is 3.69. The molecule has 0 aromatic rings. The number of hydrogen-bond acceptors (Lipinski definition) is 4. The van der Waals surface area contributed by atoms with E-state index in [1.54, 1.807) is 0 Å². The molecule has 0 N–H and O–H groups in total. The third kappa shape index (κ3) is 2.48. The molecule has 1 unspecified atom stereocenters. The maximum absolute atomic E-state index is 9.85. The predicted molar refractivity (Wildman–Crippen MR) is 38.6 cm³/mol. The van der Waals surface area contributed by atoms with E-state index in [0.29, 0.717) is 13.2 Å². The highest BCUT2D eigenvalue weighted by Gasteiger charge is 2.17. The molecule has 0 bridgehead atoms. The number of nitrogens with zero attached hydrogens (tertiary/aromatic N) is 1. The second-order valence-electron chi connectivity index (χ2n) is 2.45. The van der Waals surface area contributed by atoms with Gasteiger partial charge in [0.15, 0.2) is 6.23 Å². The van der Waals surface area contributed by atoms with Crippen LogP contribution in [-0.4, -0.2) is 43.9 Å². The lowest BCUT2D eigenvalue weighted by Gasteiger charge is -2.30. The van der Waals surface area contributed by atoms with Crippen molar-refractivity contribution in [3.05, 3.63) is 0 Å². The molecule has 0 amide bonds. The van der Waals surface area contributed by atoms with Gasteiger partial charge in [0.2, 0.25) is 0 Å². The smallest absolute Gasteiger partial charge is 0.419 e. The second kappa shape index (κ2) is 4.31. The fraction of sp³-hybridized carbons (Fsp3) is 0.857. The second-order valence-corrected chi connectivity index (χ2v) is 2.45. The van der Waals surface area contributed by atoms with Crippen molar-refractivity contribution >= 4 is 6.47 Å². The van der Waals surface area contributed by atoms with Gasteiger partial charge in [-0.3, -0.25) is 4.90 Å². The Balaban J connectivity index is 2.26. The summed E-state index contributed by atoms with van der Waals surface area (Å²) >= 11 is 0. The maximum Gasteiger partial charge on any atom is 0.419 e. The zero-order valence-corrected chi connectivity index (χ0v) is 6.58. The summed E-state index contributed by atoms with van der Waals surface area (Å²) in [5.41, 5.74) is 0. The van der Waals surface area contributed by atoms with Gasteiger partial charge in [-0.15, -0.1) is 0 Å². The number of morpholine rings is 1. The minimum atomic E-state index is -0.170. The molecule has 1 saturated heterocycles. The molecule has 0 spiro atoms. The van der Waals surface area contributed by atoms with Gasteiger partial charge in [-0.1, -0.05) is 0 Å². The Hall–Kier alpha value is -0.610. The molecule has 0 aromatic heterocycles. The molecular formula is C7H12NO3. The van der Waals surface area contributed by atoms with E-state index >= 15 is 0 Å². The van der Waals surface area contributed by atoms with Gasteiger partial charge in [0.05, 0.1) is 13.2 Å². The van der Waals surface area contributed by atoms with Gasteiger partial charge in [-0.2, -0.15) is 0 Å². The van der Waals surface area contributed by atoms with Crippen molar-refractivity contribution in [1.29, 1.82) is 0 Å². The molecule has 4 nitrogen and oxygen atoms in total. The van der Waals surface area contributed by atoms with Crippen LogP contribution in [0.5, 0.6) is 0 Å². The molecule has 0 aliphatic carbocycles. The number of hydrogen-bond donors (Lipinski definition) is 0. The summed E-state index contributed by atoms with van der Waals surface area (Å²) in [4.78, 5) is 11.9. The van der Waals surface area contributed by atoms with Crippen LogP contribution in [0.1, 0.15) is 6.92 Å². The summed E-state index contributed by atoms with van der Waals surface area (Å²) in [6, 6.07) is 0. The number of rotatable bonds is 3. The third-order valence-corrected chi connectivity index (χ3v) is 1.78. The van der Waals surface area contributed by atoms with Crippen LogP contribution in [0.4, 0.5) is 0 Å². The van der Waals surface area contributed by atoms with Gasteiger partial charge < -0.3 is 9.47 Å². The van der Waals surface area contributed by atoms with E-state index in [4.69, 9.17) is 4.74 Å². The average molecular weight is 158 g/mol. The first kappa shape index (κ1) is 8.49. The molecule has 1 aliphatic rings. The first-order chi connectivity index (χ1) is 5.34. The van der Waals surface area contributed by atoms with E-state index in [1.807, 2.05) is 11.8 Å². The summed E-state index contributed by atoms with van der Waals surface area (Å²) in [7, 11) is 0. The molecule has 1 aliphatic heterocycles. The molecule has 1 radical (unpaired) electrons. The molecule has 0 aromatic carbocycles. The van der Waals surface area contributed by atoms with E-state index in [9.17, 15) is 4.79 Å². The molecule has 1 fully saturated rings. The highest BCUT2D eigenvalue weighted by Crippen LogP contribution is 2.02. The molecule has 1 atom stereocenters. The van der Waals surface area contributed by atoms with Gasteiger partial charge in [0, 0.05) is 13.1 Å². The van der Waals surface area contributed by atoms with Gasteiger partial charge in [-0.25, -0.2) is 4.79 Å². The Bertz CT molecular complexity index is 123. The molecule has 4 heteroatoms. The van der Waals surface area contributed by atoms with Crippen molar-refractivity contribution in [1.82, 2.24) is 4.90 Å². The van der Waals surface area contributed by atoms with E-state index < -0.39 is 0 Å². The van der Waals surface area contributed by atoms with Crippen molar-refractivity contribution in [2.24, 2.45) is 0 Å². The number of ether oxygens (including phenoxy) is 2. The highest BCUT2D eigenvalue weighted by molar-refractivity contribution is 5.38. The van der Waals surface area contributed by atoms with Crippen LogP contribution in [0, 0.1) is 0 Å². The normalized spacial score (nSPS) is 22.6. The summed E-state index contributed by atoms with van der Waals surface area (Å²) in [5.74, 6) is 0. The molecule has 1 heterocycles. The van der Waals surface area contributed by atoms with Crippen LogP contribution >= 0.6 is 0 Å². The van der Waals surface area contributed by atoms with Crippen LogP contribution in [0.25, 0.3) is 0 Å². The zero-order valence-electron chi connectivity index (χ0n) is 6.58. The van der Waals surface area contributed by atoms with Gasteiger partial charge in [0.1, 0.15) is 0 Å². The average Bonchev–Trinajstić information content (AvgIpc) is 2.07. The fourth-order valence-corrected chi connectivity index (χ4v) is 1.09. The van der Waals surface area contributed by atoms with Crippen LogP contribution in [0.2, 0.25) is 0 Å². The Morgan fingerprint density at radius 2 is 2.18 bits per heavy atom. The van der Waals surface area contributed by atoms with Crippen molar-refractivity contribution in [2.75, 3.05) is 26.3 Å². The highest BCUT2D eigenvalue weighted by atomic mass is 16.5. The number of carbonyl (C=O) groups excluding carboxylic acids is 1. The summed E-state index contributed by atoms with van der Waals surface area (Å²) in [6.45, 7) is 6.34. The lowest BCUT2D eigenvalue weighted by atomic mass is 10.4. The van der Waals surface area contributed by atoms with Crippen molar-refractivity contribution in [3.8, 4) is 0 Å². The van der Waals surface area contributed by atoms with Crippen LogP contribution in [0.3, 0.4) is 0 Å². The van der Waals surface area contributed by atoms with Gasteiger partial charge in [-0.05, 0) is 6.92 Å². The molecule has 0 saturated carbocycles. The lowest BCUT2D eigenvalue weighted by molar-refractivity contribution is -0.0433. The molecule has 63 valence electrons. The predicted octanol–water partition coefficient (Wildman–Crippen LogP) is -0.252. The van der Waals surface area contributed by atoms with E-state index in [1.165, 1.54) is 6.47 Å². The quantitative estimate of drug-likeness (QED) is 0.567. The third-order valence-electron chi connectivity index (χ3n) is 1.78. The van der Waals surface area contributed by atoms with Crippen molar-refractivity contribution in [3.63, 3.8) is 0 Å². The van der Waals surface area contributed by atoms with E-state index in [0.717, 1.165) is 13.1 Å². The summed E-state index contributed by atoms with van der Waals surface area (Å²) in [6.07, 6.45) is -0.170. The minimum absolute atomic E-state index is 0.170. The zero-order chi connectivity index (χ0) is 8.10. The summed E-state index contributed by atoms with van der Waals surface area (Å²) < 4.78 is 9.78. The van der Waals surface area contributed by atoms with Gasteiger partial charge >= 0.3 is 6.47 Å². The van der Waals surface area contributed by atoms with Gasteiger partial charge in [0.25, 0.3) is 0 Å². The maximum atomic E-state index is 9.85. The van der Waals surface area contributed by atoms with Crippen LogP contribution in [-0.2, 0) is 14.3 Å². The van der Waals surface area contributed by atoms with Crippen molar-refractivity contribution < 1.29 is 14.3 Å². The van der Waals surface area contributed by atoms with Crippen LogP contribution < -0.4 is 0 Å². The van der Waals surface area contributed by atoms with E-state index in [-0.39, 0.29) is 6.23 Å². The first-order valence-electron chi connectivity index (χ1n) is 3.69. The Morgan fingerprint density at radius 1 is 1.55 bits per heavy atom. The topological polar surface area (TPSA) is 38.8 Å². The molecule has 1 rings (SSSR count). The molecule has 11 heavy (non-hydrogen) atoms. The standard InChI is InChI=1S/C7H12NO3/c1-7(11-6-9)8-2-4-10-5-3-8/h7H,2-5H2,1H3. The Labute approximate surface area is 66.1 Å². The Morgan fingerprint density at radius 3 is 2.73 bits per heavy atom. The minimum Gasteiger partial charge on any atom is -0.438 e. The van der Waals surface area contributed by atoms with Crippen LogP contribution in [0.15, 0.2) is 0 Å². The Kier molecular flexibility index (Phi) is 3.32. The molecular weight excluding hydrogens is 146 g/mol. The van der Waals surface area contributed by atoms with E-state index in [2.05, 4.69) is 4.74 Å². The van der Waals surface area contributed by atoms with Crippen molar-refractivity contribution in [2.45, 2.75) is 13.2 Å². The largest absolute Gasteiger partial charge is 0.438 e. The SMILES string of the molecule is CC(O[C]=O)N1CCOCC1. The monoisotopic (exact) mass is 158 g/mol. The lowest BCUT2D eigenvalue weighted by Crippen LogP contribution is -2.43. The fourth-order valence-electron chi connectivity index (χ4n) is 1.09.